The fourth-order valence-electron chi connectivity index (χ4n) is 3.15. The van der Waals surface area contributed by atoms with Gasteiger partial charge >= 0.3 is 0 Å². The van der Waals surface area contributed by atoms with Crippen molar-refractivity contribution in [3.63, 3.8) is 0 Å². The molecular weight excluding hydrogens is 360 g/mol. The predicted molar refractivity (Wildman–Crippen MR) is 110 cm³/mol. The summed E-state index contributed by atoms with van der Waals surface area (Å²) in [6.07, 6.45) is 5.05. The third kappa shape index (κ3) is 5.34. The summed E-state index contributed by atoms with van der Waals surface area (Å²) in [5.74, 6) is 1.07. The highest BCUT2D eigenvalue weighted by Gasteiger charge is 2.16. The Morgan fingerprint density at radius 2 is 2.22 bits per heavy atom. The van der Waals surface area contributed by atoms with Gasteiger partial charge in [0.1, 0.15) is 0 Å². The summed E-state index contributed by atoms with van der Waals surface area (Å²) in [6, 6.07) is 7.86. The second kappa shape index (κ2) is 9.58. The highest BCUT2D eigenvalue weighted by molar-refractivity contribution is 7.10. The lowest BCUT2D eigenvalue weighted by atomic mass is 10.1. The van der Waals surface area contributed by atoms with Gasteiger partial charge in [0.2, 0.25) is 0 Å². The van der Waals surface area contributed by atoms with Crippen LogP contribution in [0, 0.1) is 0 Å². The summed E-state index contributed by atoms with van der Waals surface area (Å²) in [7, 11) is 1.60. The molecule has 0 spiro atoms. The highest BCUT2D eigenvalue weighted by Crippen LogP contribution is 2.28. The molecule has 2 aromatic rings. The zero-order valence-corrected chi connectivity index (χ0v) is 16.7. The SMILES string of the molecule is C/C=C/c1ccc(OCC(=O)NCCN2CCc3sccc3C2)c(OC)c1. The average molecular weight is 387 g/mol. The van der Waals surface area contributed by atoms with E-state index in [-0.39, 0.29) is 12.5 Å². The van der Waals surface area contributed by atoms with Gasteiger partial charge in [-0.3, -0.25) is 9.69 Å². The Morgan fingerprint density at radius 1 is 1.33 bits per heavy atom. The Kier molecular flexibility index (Phi) is 6.90. The highest BCUT2D eigenvalue weighted by atomic mass is 32.1. The van der Waals surface area contributed by atoms with Crippen LogP contribution in [0.5, 0.6) is 11.5 Å². The smallest absolute Gasteiger partial charge is 0.257 e. The number of carbonyl (C=O) groups is 1. The van der Waals surface area contributed by atoms with E-state index in [1.54, 1.807) is 7.11 Å². The first-order chi connectivity index (χ1) is 13.2. The van der Waals surface area contributed by atoms with Crippen LogP contribution in [-0.2, 0) is 17.8 Å². The van der Waals surface area contributed by atoms with Crippen LogP contribution in [0.3, 0.4) is 0 Å². The molecule has 1 aliphatic heterocycles. The number of hydrogen-bond acceptors (Lipinski definition) is 5. The van der Waals surface area contributed by atoms with E-state index in [0.29, 0.717) is 18.0 Å². The summed E-state index contributed by atoms with van der Waals surface area (Å²) in [5.41, 5.74) is 2.45. The molecule has 0 aliphatic carbocycles. The van der Waals surface area contributed by atoms with Crippen molar-refractivity contribution in [2.45, 2.75) is 19.9 Å². The Bertz CT molecular complexity index is 800. The van der Waals surface area contributed by atoms with Crippen molar-refractivity contribution in [2.75, 3.05) is 33.4 Å². The Labute approximate surface area is 164 Å². The van der Waals surface area contributed by atoms with Crippen molar-refractivity contribution in [1.29, 1.82) is 0 Å². The van der Waals surface area contributed by atoms with E-state index in [2.05, 4.69) is 21.7 Å². The van der Waals surface area contributed by atoms with E-state index in [9.17, 15) is 4.79 Å². The number of benzene rings is 1. The number of thiophene rings is 1. The lowest BCUT2D eigenvalue weighted by molar-refractivity contribution is -0.123. The molecule has 1 aliphatic rings. The first-order valence-electron chi connectivity index (χ1n) is 9.17. The van der Waals surface area contributed by atoms with Gasteiger partial charge in [-0.25, -0.2) is 0 Å². The van der Waals surface area contributed by atoms with Crippen LogP contribution in [0.1, 0.15) is 22.9 Å². The molecule has 0 fully saturated rings. The van der Waals surface area contributed by atoms with E-state index < -0.39 is 0 Å². The van der Waals surface area contributed by atoms with Gasteiger partial charge in [-0.1, -0.05) is 18.2 Å². The number of hydrogen-bond donors (Lipinski definition) is 1. The lowest BCUT2D eigenvalue weighted by Gasteiger charge is -2.26. The predicted octanol–water partition coefficient (Wildman–Crippen LogP) is 3.34. The van der Waals surface area contributed by atoms with E-state index in [1.807, 2.05) is 48.6 Å². The molecule has 6 heteroatoms. The summed E-state index contributed by atoms with van der Waals surface area (Å²) < 4.78 is 11.0. The third-order valence-electron chi connectivity index (χ3n) is 4.54. The maximum atomic E-state index is 12.1. The Morgan fingerprint density at radius 3 is 3.04 bits per heavy atom. The molecule has 0 saturated heterocycles. The summed E-state index contributed by atoms with van der Waals surface area (Å²) in [4.78, 5) is 16.0. The summed E-state index contributed by atoms with van der Waals surface area (Å²) >= 11 is 1.84. The molecule has 0 atom stereocenters. The standard InChI is InChI=1S/C21H26N2O3S/c1-3-4-16-5-6-18(19(13-16)25-2)26-15-21(24)22-9-11-23-10-7-20-17(14-23)8-12-27-20/h3-6,8,12-13H,7,9-11,14-15H2,1-2H3,(H,22,24)/b4-3+. The Hall–Kier alpha value is -2.31. The summed E-state index contributed by atoms with van der Waals surface area (Å²) in [5, 5.41) is 5.09. The topological polar surface area (TPSA) is 50.8 Å². The maximum Gasteiger partial charge on any atom is 0.257 e. The molecule has 3 rings (SSSR count). The van der Waals surface area contributed by atoms with E-state index in [4.69, 9.17) is 9.47 Å². The van der Waals surface area contributed by atoms with Crippen molar-refractivity contribution in [2.24, 2.45) is 0 Å². The number of nitrogens with one attached hydrogen (secondary N) is 1. The van der Waals surface area contributed by atoms with Gasteiger partial charge in [-0.05, 0) is 48.1 Å². The van der Waals surface area contributed by atoms with E-state index in [0.717, 1.165) is 31.6 Å². The van der Waals surface area contributed by atoms with Crippen LogP contribution in [0.2, 0.25) is 0 Å². The minimum atomic E-state index is -0.122. The molecule has 0 saturated carbocycles. The molecular formula is C21H26N2O3S. The quantitative estimate of drug-likeness (QED) is 0.756. The fraction of sp³-hybridized carbons (Fsp3) is 0.381. The number of amides is 1. The van der Waals surface area contributed by atoms with Gasteiger partial charge in [-0.2, -0.15) is 0 Å². The zero-order valence-electron chi connectivity index (χ0n) is 15.9. The lowest BCUT2D eigenvalue weighted by Crippen LogP contribution is -2.38. The number of methoxy groups -OCH3 is 1. The van der Waals surface area contributed by atoms with Crippen molar-refractivity contribution in [1.82, 2.24) is 10.2 Å². The Balaban J connectivity index is 1.41. The van der Waals surface area contributed by atoms with Crippen LogP contribution in [0.4, 0.5) is 0 Å². The first-order valence-corrected chi connectivity index (χ1v) is 10.1. The largest absolute Gasteiger partial charge is 0.493 e. The van der Waals surface area contributed by atoms with E-state index >= 15 is 0 Å². The van der Waals surface area contributed by atoms with Gasteiger partial charge in [0.15, 0.2) is 18.1 Å². The number of nitrogens with zero attached hydrogens (tertiary/aromatic N) is 1. The van der Waals surface area contributed by atoms with Crippen molar-refractivity contribution in [3.8, 4) is 11.5 Å². The van der Waals surface area contributed by atoms with Crippen LogP contribution in [0.25, 0.3) is 6.08 Å². The molecule has 5 nitrogen and oxygen atoms in total. The van der Waals surface area contributed by atoms with Gasteiger partial charge < -0.3 is 14.8 Å². The number of fused-ring (bicyclic) bond motifs is 1. The number of rotatable bonds is 8. The second-order valence-corrected chi connectivity index (χ2v) is 7.44. The third-order valence-corrected chi connectivity index (χ3v) is 5.57. The van der Waals surface area contributed by atoms with Gasteiger partial charge in [-0.15, -0.1) is 11.3 Å². The average Bonchev–Trinajstić information content (AvgIpc) is 3.15. The van der Waals surface area contributed by atoms with Crippen molar-refractivity contribution in [3.05, 3.63) is 51.7 Å². The molecule has 1 aromatic carbocycles. The number of carbonyl (C=O) groups excluding carboxylic acids is 1. The van der Waals surface area contributed by atoms with Gasteiger partial charge in [0.25, 0.3) is 5.91 Å². The minimum absolute atomic E-state index is 0.0198. The van der Waals surface area contributed by atoms with Crippen LogP contribution in [-0.4, -0.2) is 44.2 Å². The van der Waals surface area contributed by atoms with Crippen LogP contribution >= 0.6 is 11.3 Å². The molecule has 0 unspecified atom stereocenters. The molecule has 1 N–H and O–H groups in total. The van der Waals surface area contributed by atoms with E-state index in [1.165, 1.54) is 10.4 Å². The minimum Gasteiger partial charge on any atom is -0.493 e. The normalized spacial score (nSPS) is 14.1. The van der Waals surface area contributed by atoms with Gasteiger partial charge in [0.05, 0.1) is 7.11 Å². The van der Waals surface area contributed by atoms with Gasteiger partial charge in [0, 0.05) is 31.1 Å². The zero-order chi connectivity index (χ0) is 19.1. The monoisotopic (exact) mass is 386 g/mol. The maximum absolute atomic E-state index is 12.1. The molecule has 2 heterocycles. The molecule has 0 radical (unpaired) electrons. The van der Waals surface area contributed by atoms with Crippen LogP contribution in [0.15, 0.2) is 35.7 Å². The summed E-state index contributed by atoms with van der Waals surface area (Å²) in [6.45, 7) is 5.44. The molecule has 1 aromatic heterocycles. The first kappa shape index (κ1) is 19.5. The molecule has 0 bridgehead atoms. The molecule has 1 amide bonds. The van der Waals surface area contributed by atoms with Crippen molar-refractivity contribution >= 4 is 23.3 Å². The number of ether oxygens (including phenoxy) is 2. The van der Waals surface area contributed by atoms with Crippen molar-refractivity contribution < 1.29 is 14.3 Å². The molecule has 27 heavy (non-hydrogen) atoms. The van der Waals surface area contributed by atoms with Crippen LogP contribution < -0.4 is 14.8 Å². The molecule has 144 valence electrons. The second-order valence-electron chi connectivity index (χ2n) is 6.44. The number of allylic oxidation sites excluding steroid dienone is 1. The fourth-order valence-corrected chi connectivity index (χ4v) is 4.03.